The molecule has 0 amide bonds. The number of aromatic nitrogens is 3. The van der Waals surface area contributed by atoms with Crippen LogP contribution in [-0.2, 0) is 7.05 Å². The third-order valence-electron chi connectivity index (χ3n) is 2.78. The van der Waals surface area contributed by atoms with Crippen LogP contribution in [0.1, 0.15) is 0 Å². The number of rotatable bonds is 1. The summed E-state index contributed by atoms with van der Waals surface area (Å²) >= 11 is 0. The summed E-state index contributed by atoms with van der Waals surface area (Å²) in [5.74, 6) is 0. The van der Waals surface area contributed by atoms with E-state index in [1.165, 1.54) is 16.5 Å². The van der Waals surface area contributed by atoms with Crippen molar-refractivity contribution in [3.8, 4) is 11.1 Å². The number of fused-ring (bicyclic) bond motifs is 1. The Balaban J connectivity index is 2.32. The monoisotopic (exact) mass is 209 g/mol. The summed E-state index contributed by atoms with van der Waals surface area (Å²) < 4.78 is 1.89. The Bertz CT molecular complexity index is 626. The predicted octanol–water partition coefficient (Wildman–Crippen LogP) is 2.64. The maximum absolute atomic E-state index is 4.28. The van der Waals surface area contributed by atoms with Gasteiger partial charge in [-0.05, 0) is 29.3 Å². The molecule has 16 heavy (non-hydrogen) atoms. The number of hydrogen-bond donors (Lipinski definition) is 0. The number of hydrogen-bond acceptors (Lipinski definition) is 2. The van der Waals surface area contributed by atoms with E-state index in [2.05, 4.69) is 28.3 Å². The fraction of sp³-hybridized carbons (Fsp3) is 0.0769. The second-order valence-electron chi connectivity index (χ2n) is 3.74. The zero-order valence-corrected chi connectivity index (χ0v) is 8.96. The summed E-state index contributed by atoms with van der Waals surface area (Å²) in [7, 11) is 1.96. The van der Waals surface area contributed by atoms with Gasteiger partial charge in [0.25, 0.3) is 0 Å². The Morgan fingerprint density at radius 1 is 1.06 bits per heavy atom. The first-order chi connectivity index (χ1) is 7.86. The molecule has 3 aromatic rings. The van der Waals surface area contributed by atoms with Crippen molar-refractivity contribution in [3.63, 3.8) is 0 Å². The number of pyridine rings is 1. The molecule has 0 radical (unpaired) electrons. The lowest BCUT2D eigenvalue weighted by Crippen LogP contribution is -1.88. The molecule has 0 spiro atoms. The molecule has 0 unspecified atom stereocenters. The molecule has 3 rings (SSSR count). The van der Waals surface area contributed by atoms with Gasteiger partial charge in [0.1, 0.15) is 0 Å². The lowest BCUT2D eigenvalue weighted by molar-refractivity contribution is 0.797. The average Bonchev–Trinajstić information content (AvgIpc) is 2.73. The van der Waals surface area contributed by atoms with Gasteiger partial charge in [-0.3, -0.25) is 9.67 Å². The van der Waals surface area contributed by atoms with E-state index in [-0.39, 0.29) is 0 Å². The van der Waals surface area contributed by atoms with Crippen LogP contribution >= 0.6 is 0 Å². The number of nitrogens with zero attached hydrogens (tertiary/aromatic N) is 3. The molecule has 0 aliphatic rings. The van der Waals surface area contributed by atoms with E-state index in [0.717, 1.165) is 5.52 Å². The Morgan fingerprint density at radius 2 is 1.88 bits per heavy atom. The van der Waals surface area contributed by atoms with Gasteiger partial charge in [-0.15, -0.1) is 0 Å². The Kier molecular flexibility index (Phi) is 1.96. The average molecular weight is 209 g/mol. The van der Waals surface area contributed by atoms with Crippen molar-refractivity contribution in [1.82, 2.24) is 14.8 Å². The second-order valence-corrected chi connectivity index (χ2v) is 3.74. The van der Waals surface area contributed by atoms with E-state index >= 15 is 0 Å². The third kappa shape index (κ3) is 1.29. The van der Waals surface area contributed by atoms with E-state index in [1.54, 1.807) is 0 Å². The predicted molar refractivity (Wildman–Crippen MR) is 63.9 cm³/mol. The molecule has 2 aromatic heterocycles. The highest BCUT2D eigenvalue weighted by Crippen LogP contribution is 2.27. The highest BCUT2D eigenvalue weighted by atomic mass is 15.2. The van der Waals surface area contributed by atoms with Crippen molar-refractivity contribution < 1.29 is 0 Å². The van der Waals surface area contributed by atoms with Gasteiger partial charge in [0, 0.05) is 24.8 Å². The number of benzene rings is 1. The first-order valence-corrected chi connectivity index (χ1v) is 5.17. The van der Waals surface area contributed by atoms with Crippen LogP contribution in [0.2, 0.25) is 0 Å². The van der Waals surface area contributed by atoms with Crippen LogP contribution < -0.4 is 0 Å². The molecule has 0 N–H and O–H groups in total. The minimum Gasteiger partial charge on any atom is -0.268 e. The molecule has 0 bridgehead atoms. The van der Waals surface area contributed by atoms with Crippen LogP contribution in [-0.4, -0.2) is 14.8 Å². The van der Waals surface area contributed by atoms with Crippen molar-refractivity contribution in [1.29, 1.82) is 0 Å². The van der Waals surface area contributed by atoms with Gasteiger partial charge in [-0.25, -0.2) is 0 Å². The van der Waals surface area contributed by atoms with Gasteiger partial charge >= 0.3 is 0 Å². The zero-order chi connectivity index (χ0) is 11.0. The van der Waals surface area contributed by atoms with Crippen molar-refractivity contribution in [2.75, 3.05) is 0 Å². The first kappa shape index (κ1) is 9.09. The summed E-state index contributed by atoms with van der Waals surface area (Å²) in [5.41, 5.74) is 3.52. The second kappa shape index (κ2) is 3.45. The standard InChI is InChI=1S/C13H11N3/c1-16-13-4-2-3-11(12(13)9-15-16)10-5-7-14-8-6-10/h2-9H,1H3. The molecule has 2 heterocycles. The van der Waals surface area contributed by atoms with Crippen molar-refractivity contribution >= 4 is 10.9 Å². The quantitative estimate of drug-likeness (QED) is 0.616. The lowest BCUT2D eigenvalue weighted by Gasteiger charge is -2.02. The summed E-state index contributed by atoms with van der Waals surface area (Å²) in [4.78, 5) is 4.04. The minimum absolute atomic E-state index is 1.15. The molecular weight excluding hydrogens is 198 g/mol. The Hall–Kier alpha value is -2.16. The van der Waals surface area contributed by atoms with E-state index in [4.69, 9.17) is 0 Å². The van der Waals surface area contributed by atoms with Crippen molar-refractivity contribution in [2.24, 2.45) is 7.05 Å². The normalized spacial score (nSPS) is 10.8. The highest BCUT2D eigenvalue weighted by molar-refractivity contribution is 5.94. The van der Waals surface area contributed by atoms with E-state index in [1.807, 2.05) is 42.5 Å². The number of aryl methyl sites for hydroxylation is 1. The van der Waals surface area contributed by atoms with E-state index < -0.39 is 0 Å². The molecule has 0 fully saturated rings. The Labute approximate surface area is 93.4 Å². The van der Waals surface area contributed by atoms with Gasteiger partial charge < -0.3 is 0 Å². The molecule has 3 nitrogen and oxygen atoms in total. The molecule has 1 aromatic carbocycles. The Morgan fingerprint density at radius 3 is 2.69 bits per heavy atom. The van der Waals surface area contributed by atoms with E-state index in [9.17, 15) is 0 Å². The fourth-order valence-corrected chi connectivity index (χ4v) is 1.96. The van der Waals surface area contributed by atoms with Gasteiger partial charge in [0.2, 0.25) is 0 Å². The summed E-state index contributed by atoms with van der Waals surface area (Å²) in [6, 6.07) is 10.3. The summed E-state index contributed by atoms with van der Waals surface area (Å²) in [6.45, 7) is 0. The van der Waals surface area contributed by atoms with Gasteiger partial charge in [0.15, 0.2) is 0 Å². The van der Waals surface area contributed by atoms with Crippen LogP contribution in [0.15, 0.2) is 48.9 Å². The van der Waals surface area contributed by atoms with Gasteiger partial charge in [-0.2, -0.15) is 5.10 Å². The molecule has 0 aliphatic carbocycles. The summed E-state index contributed by atoms with van der Waals surface area (Å²) in [6.07, 6.45) is 5.53. The molecular formula is C13H11N3. The van der Waals surface area contributed by atoms with Crippen LogP contribution in [0.3, 0.4) is 0 Å². The lowest BCUT2D eigenvalue weighted by atomic mass is 10.0. The first-order valence-electron chi connectivity index (χ1n) is 5.17. The topological polar surface area (TPSA) is 30.7 Å². The van der Waals surface area contributed by atoms with Crippen molar-refractivity contribution in [3.05, 3.63) is 48.9 Å². The molecule has 3 heteroatoms. The van der Waals surface area contributed by atoms with Crippen LogP contribution in [0, 0.1) is 0 Å². The zero-order valence-electron chi connectivity index (χ0n) is 8.96. The molecule has 0 saturated carbocycles. The SMILES string of the molecule is Cn1ncc2c(-c3ccncc3)cccc21. The van der Waals surface area contributed by atoms with Crippen molar-refractivity contribution in [2.45, 2.75) is 0 Å². The maximum Gasteiger partial charge on any atom is 0.0685 e. The largest absolute Gasteiger partial charge is 0.268 e. The molecule has 78 valence electrons. The minimum atomic E-state index is 1.15. The highest BCUT2D eigenvalue weighted by Gasteiger charge is 2.05. The van der Waals surface area contributed by atoms with Gasteiger partial charge in [-0.1, -0.05) is 12.1 Å². The fourth-order valence-electron chi connectivity index (χ4n) is 1.96. The maximum atomic E-state index is 4.28. The van der Waals surface area contributed by atoms with Gasteiger partial charge in [0.05, 0.1) is 11.7 Å². The molecule has 0 aliphatic heterocycles. The third-order valence-corrected chi connectivity index (χ3v) is 2.78. The van der Waals surface area contributed by atoms with Crippen LogP contribution in [0.4, 0.5) is 0 Å². The smallest absolute Gasteiger partial charge is 0.0685 e. The molecule has 0 atom stereocenters. The summed E-state index contributed by atoms with van der Waals surface area (Å²) in [5, 5.41) is 5.46. The van der Waals surface area contributed by atoms with Crippen LogP contribution in [0.5, 0.6) is 0 Å². The van der Waals surface area contributed by atoms with E-state index in [0.29, 0.717) is 0 Å². The van der Waals surface area contributed by atoms with Crippen LogP contribution in [0.25, 0.3) is 22.0 Å². The molecule has 0 saturated heterocycles.